The molecule has 8 nitrogen and oxygen atoms in total. The van der Waals surface area contributed by atoms with Gasteiger partial charge in [0, 0.05) is 45.5 Å². The fraction of sp³-hybridized carbons (Fsp3) is 0.444. The van der Waals surface area contributed by atoms with E-state index in [2.05, 4.69) is 15.3 Å². The number of nitrogens with one attached hydrogen (secondary N) is 1. The van der Waals surface area contributed by atoms with Gasteiger partial charge in [-0.1, -0.05) is 6.07 Å². The van der Waals surface area contributed by atoms with E-state index in [9.17, 15) is 14.0 Å². The molecule has 0 bridgehead atoms. The smallest absolute Gasteiger partial charge is 0.250 e. The topological polar surface area (TPSA) is 83.4 Å². The second kappa shape index (κ2) is 8.15. The molecule has 0 saturated carbocycles. The second-order valence-electron chi connectivity index (χ2n) is 6.72. The number of carbonyl (C=O) groups excluding carboxylic acids is 1. The molecule has 1 amide bonds. The maximum atomic E-state index is 14.0. The van der Waals surface area contributed by atoms with Gasteiger partial charge < -0.3 is 19.7 Å². The molecule has 0 aliphatic carbocycles. The number of amides is 1. The first kappa shape index (κ1) is 18.8. The van der Waals surface area contributed by atoms with Crippen LogP contribution in [0.5, 0.6) is 0 Å². The molecule has 2 atom stereocenters. The van der Waals surface area contributed by atoms with Crippen molar-refractivity contribution in [1.82, 2.24) is 19.9 Å². The van der Waals surface area contributed by atoms with Gasteiger partial charge in [0.25, 0.3) is 5.56 Å². The minimum atomic E-state index is -0.985. The zero-order valence-electron chi connectivity index (χ0n) is 15.4. The fourth-order valence-corrected chi connectivity index (χ4v) is 3.08. The molecular formula is C18H23FN6O2. The predicted octanol–water partition coefficient (Wildman–Crippen LogP) is 0.437. The Labute approximate surface area is 156 Å². The van der Waals surface area contributed by atoms with E-state index in [0.717, 1.165) is 0 Å². The molecule has 1 aliphatic heterocycles. The highest BCUT2D eigenvalue weighted by atomic mass is 19.1. The van der Waals surface area contributed by atoms with Gasteiger partial charge >= 0.3 is 0 Å². The highest BCUT2D eigenvalue weighted by Crippen LogP contribution is 2.26. The number of pyridine rings is 1. The summed E-state index contributed by atoms with van der Waals surface area (Å²) in [5.41, 5.74) is -0.240. The van der Waals surface area contributed by atoms with E-state index in [-0.39, 0.29) is 37.1 Å². The standard InChI is InChI=1S/C18H23FN6O2/c1-23(2)18-20-7-6-15(22-18)25-11-13(19)9-14(25)10-21-16(26)12-24-8-4-3-5-17(24)27/h3-8,13-14H,9-12H2,1-2H3,(H,21,26)/t13-,14-/m0/s1. The number of halogens is 1. The summed E-state index contributed by atoms with van der Waals surface area (Å²) in [4.78, 5) is 36.1. The number of rotatable bonds is 6. The van der Waals surface area contributed by atoms with Crippen molar-refractivity contribution in [2.75, 3.05) is 37.0 Å². The molecule has 1 N–H and O–H groups in total. The monoisotopic (exact) mass is 374 g/mol. The van der Waals surface area contributed by atoms with Crippen LogP contribution in [0.4, 0.5) is 16.2 Å². The second-order valence-corrected chi connectivity index (χ2v) is 6.72. The van der Waals surface area contributed by atoms with Crippen molar-refractivity contribution in [2.24, 2.45) is 0 Å². The summed E-state index contributed by atoms with van der Waals surface area (Å²) in [5, 5.41) is 2.80. The molecule has 0 spiro atoms. The van der Waals surface area contributed by atoms with Crippen LogP contribution >= 0.6 is 0 Å². The van der Waals surface area contributed by atoms with E-state index in [1.54, 1.807) is 35.5 Å². The minimum Gasteiger partial charge on any atom is -0.352 e. The van der Waals surface area contributed by atoms with Gasteiger partial charge in [-0.25, -0.2) is 9.37 Å². The number of nitrogens with zero attached hydrogens (tertiary/aromatic N) is 5. The summed E-state index contributed by atoms with van der Waals surface area (Å²) in [7, 11) is 3.68. The zero-order chi connectivity index (χ0) is 19.4. The van der Waals surface area contributed by atoms with Crippen LogP contribution in [0.3, 0.4) is 0 Å². The van der Waals surface area contributed by atoms with Crippen LogP contribution in [-0.2, 0) is 11.3 Å². The Morgan fingerprint density at radius 2 is 2.19 bits per heavy atom. The van der Waals surface area contributed by atoms with Crippen molar-refractivity contribution in [3.05, 3.63) is 47.0 Å². The molecule has 144 valence electrons. The number of aromatic nitrogens is 3. The number of hydrogen-bond donors (Lipinski definition) is 1. The third-order valence-corrected chi connectivity index (χ3v) is 4.43. The van der Waals surface area contributed by atoms with Gasteiger partial charge in [-0.15, -0.1) is 0 Å². The predicted molar refractivity (Wildman–Crippen MR) is 101 cm³/mol. The molecule has 2 aromatic heterocycles. The normalized spacial score (nSPS) is 19.1. The van der Waals surface area contributed by atoms with Crippen LogP contribution in [0.1, 0.15) is 6.42 Å². The molecule has 1 aliphatic rings. The van der Waals surface area contributed by atoms with Gasteiger partial charge in [0.15, 0.2) is 0 Å². The summed E-state index contributed by atoms with van der Waals surface area (Å²) in [6.07, 6.45) is 2.53. The van der Waals surface area contributed by atoms with Crippen molar-refractivity contribution >= 4 is 17.7 Å². The quantitative estimate of drug-likeness (QED) is 0.790. The lowest BCUT2D eigenvalue weighted by molar-refractivity contribution is -0.121. The summed E-state index contributed by atoms with van der Waals surface area (Å²) in [5.74, 6) is 0.885. The third-order valence-electron chi connectivity index (χ3n) is 4.43. The van der Waals surface area contributed by atoms with Crippen molar-refractivity contribution < 1.29 is 9.18 Å². The lowest BCUT2D eigenvalue weighted by Gasteiger charge is -2.26. The lowest BCUT2D eigenvalue weighted by Crippen LogP contribution is -2.42. The van der Waals surface area contributed by atoms with Crippen LogP contribution in [0.25, 0.3) is 0 Å². The molecular weight excluding hydrogens is 351 g/mol. The van der Waals surface area contributed by atoms with E-state index in [0.29, 0.717) is 18.2 Å². The Hall–Kier alpha value is -2.97. The molecule has 1 fully saturated rings. The van der Waals surface area contributed by atoms with Gasteiger partial charge in [0.1, 0.15) is 18.5 Å². The van der Waals surface area contributed by atoms with Gasteiger partial charge in [-0.05, 0) is 12.1 Å². The fourth-order valence-electron chi connectivity index (χ4n) is 3.08. The summed E-state index contributed by atoms with van der Waals surface area (Å²) in [6.45, 7) is 0.439. The molecule has 2 aromatic rings. The largest absolute Gasteiger partial charge is 0.352 e. The summed E-state index contributed by atoms with van der Waals surface area (Å²) in [6, 6.07) is 6.25. The first-order valence-corrected chi connectivity index (χ1v) is 8.77. The van der Waals surface area contributed by atoms with Crippen molar-refractivity contribution in [3.8, 4) is 0 Å². The molecule has 1 saturated heterocycles. The number of anilines is 2. The lowest BCUT2D eigenvalue weighted by atomic mass is 10.2. The van der Waals surface area contributed by atoms with Crippen molar-refractivity contribution in [3.63, 3.8) is 0 Å². The average molecular weight is 374 g/mol. The van der Waals surface area contributed by atoms with Crippen LogP contribution in [0, 0.1) is 0 Å². The van der Waals surface area contributed by atoms with E-state index < -0.39 is 6.17 Å². The number of carbonyl (C=O) groups is 1. The van der Waals surface area contributed by atoms with Crippen LogP contribution in [0.15, 0.2) is 41.5 Å². The van der Waals surface area contributed by atoms with Crippen LogP contribution < -0.4 is 20.7 Å². The van der Waals surface area contributed by atoms with E-state index in [1.165, 1.54) is 10.6 Å². The van der Waals surface area contributed by atoms with Crippen molar-refractivity contribution in [2.45, 2.75) is 25.2 Å². The Kier molecular flexibility index (Phi) is 5.68. The molecule has 9 heteroatoms. The van der Waals surface area contributed by atoms with Gasteiger partial charge in [-0.3, -0.25) is 9.59 Å². The summed E-state index contributed by atoms with van der Waals surface area (Å²) < 4.78 is 15.4. The third kappa shape index (κ3) is 4.60. The SMILES string of the molecule is CN(C)c1nccc(N2C[C@@H](F)C[C@H]2CNC(=O)Cn2ccccc2=O)n1. The Balaban J connectivity index is 1.64. The Bertz CT molecular complexity index is 855. The Morgan fingerprint density at radius 1 is 1.37 bits per heavy atom. The first-order chi connectivity index (χ1) is 12.9. The van der Waals surface area contributed by atoms with Gasteiger partial charge in [-0.2, -0.15) is 4.98 Å². The molecule has 3 rings (SSSR count). The van der Waals surface area contributed by atoms with Crippen LogP contribution in [-0.4, -0.2) is 59.8 Å². The molecule has 0 unspecified atom stereocenters. The Morgan fingerprint density at radius 3 is 2.93 bits per heavy atom. The number of alkyl halides is 1. The summed E-state index contributed by atoms with van der Waals surface area (Å²) >= 11 is 0. The van der Waals surface area contributed by atoms with E-state index >= 15 is 0 Å². The van der Waals surface area contributed by atoms with Gasteiger partial charge in [0.05, 0.1) is 12.6 Å². The molecule has 0 radical (unpaired) electrons. The molecule has 27 heavy (non-hydrogen) atoms. The zero-order valence-corrected chi connectivity index (χ0v) is 15.4. The van der Waals surface area contributed by atoms with Gasteiger partial charge in [0.2, 0.25) is 11.9 Å². The first-order valence-electron chi connectivity index (χ1n) is 8.77. The highest BCUT2D eigenvalue weighted by molar-refractivity contribution is 5.75. The number of hydrogen-bond acceptors (Lipinski definition) is 6. The maximum absolute atomic E-state index is 14.0. The van der Waals surface area contributed by atoms with E-state index in [1.807, 2.05) is 19.0 Å². The molecule has 3 heterocycles. The average Bonchev–Trinajstić information content (AvgIpc) is 3.03. The van der Waals surface area contributed by atoms with E-state index in [4.69, 9.17) is 0 Å². The van der Waals surface area contributed by atoms with Crippen molar-refractivity contribution in [1.29, 1.82) is 0 Å². The molecule has 0 aromatic carbocycles. The van der Waals surface area contributed by atoms with Crippen LogP contribution in [0.2, 0.25) is 0 Å². The minimum absolute atomic E-state index is 0.0657. The highest BCUT2D eigenvalue weighted by Gasteiger charge is 2.33. The maximum Gasteiger partial charge on any atom is 0.250 e.